The minimum atomic E-state index is -0.774. The van der Waals surface area contributed by atoms with E-state index in [1.807, 2.05) is 0 Å². The molecular formula is C57H104O6. The van der Waals surface area contributed by atoms with Gasteiger partial charge in [0, 0.05) is 19.3 Å². The first kappa shape index (κ1) is 60.6. The van der Waals surface area contributed by atoms with Gasteiger partial charge in [-0.1, -0.05) is 256 Å². The minimum absolute atomic E-state index is 0.0730. The smallest absolute Gasteiger partial charge is 0.306 e. The van der Waals surface area contributed by atoms with Gasteiger partial charge in [0.1, 0.15) is 13.2 Å². The molecule has 0 saturated carbocycles. The largest absolute Gasteiger partial charge is 0.462 e. The number of carbonyl (C=O) groups is 3. The Hall–Kier alpha value is -2.37. The van der Waals surface area contributed by atoms with Crippen LogP contribution >= 0.6 is 0 Å². The molecule has 1 atom stereocenters. The van der Waals surface area contributed by atoms with E-state index in [-0.39, 0.29) is 31.1 Å². The van der Waals surface area contributed by atoms with Crippen molar-refractivity contribution in [3.05, 3.63) is 36.5 Å². The number of ether oxygens (including phenoxy) is 3. The first-order valence-electron chi connectivity index (χ1n) is 27.5. The Balaban J connectivity index is 4.34. The van der Waals surface area contributed by atoms with Crippen molar-refractivity contribution in [2.45, 2.75) is 297 Å². The Bertz CT molecular complexity index is 1060. The lowest BCUT2D eigenvalue weighted by molar-refractivity contribution is -0.167. The number of esters is 3. The average molecular weight is 885 g/mol. The molecule has 0 rings (SSSR count). The molecule has 0 saturated heterocycles. The fraction of sp³-hybridized carbons (Fsp3) is 0.842. The van der Waals surface area contributed by atoms with Crippen LogP contribution in [0.1, 0.15) is 290 Å². The molecule has 368 valence electrons. The molecule has 0 bridgehead atoms. The molecular weight excluding hydrogens is 781 g/mol. The summed E-state index contributed by atoms with van der Waals surface area (Å²) in [5, 5.41) is 0. The molecule has 6 heteroatoms. The molecule has 0 aliphatic carbocycles. The third kappa shape index (κ3) is 50.5. The standard InChI is InChI=1S/C57H104O6/c1-4-7-10-13-16-19-22-25-27-28-30-33-35-38-41-44-47-50-56(59)62-53-54(63-57(60)51-48-45-42-39-36-31-24-21-18-15-12-9-6-3)52-61-55(58)49-46-43-40-37-34-32-29-26-23-20-17-14-11-8-5-2/h8,11,17,20,26,29,54H,4-7,9-10,12-16,18-19,21-25,27-28,30-53H2,1-3H3/b11-8-,20-17-,29-26-/t54-/m1/s1. The van der Waals surface area contributed by atoms with Crippen LogP contribution in [0.4, 0.5) is 0 Å². The van der Waals surface area contributed by atoms with Gasteiger partial charge in [0.2, 0.25) is 0 Å². The maximum Gasteiger partial charge on any atom is 0.306 e. The lowest BCUT2D eigenvalue weighted by Crippen LogP contribution is -2.30. The van der Waals surface area contributed by atoms with Crippen molar-refractivity contribution in [2.24, 2.45) is 0 Å². The first-order valence-corrected chi connectivity index (χ1v) is 27.5. The van der Waals surface area contributed by atoms with E-state index in [1.54, 1.807) is 0 Å². The summed E-state index contributed by atoms with van der Waals surface area (Å²) in [5.41, 5.74) is 0. The highest BCUT2D eigenvalue weighted by atomic mass is 16.6. The fourth-order valence-corrected chi connectivity index (χ4v) is 8.05. The van der Waals surface area contributed by atoms with Crippen LogP contribution in [0.25, 0.3) is 0 Å². The van der Waals surface area contributed by atoms with Gasteiger partial charge in [-0.05, 0) is 51.4 Å². The van der Waals surface area contributed by atoms with Gasteiger partial charge < -0.3 is 14.2 Å². The van der Waals surface area contributed by atoms with Gasteiger partial charge in [0.25, 0.3) is 0 Å². The highest BCUT2D eigenvalue weighted by Gasteiger charge is 2.19. The van der Waals surface area contributed by atoms with Gasteiger partial charge in [-0.3, -0.25) is 14.4 Å². The van der Waals surface area contributed by atoms with Crippen LogP contribution in [0, 0.1) is 0 Å². The van der Waals surface area contributed by atoms with Gasteiger partial charge in [0.05, 0.1) is 0 Å². The Kier molecular flexibility index (Phi) is 50.3. The molecule has 0 aliphatic heterocycles. The zero-order valence-corrected chi connectivity index (χ0v) is 42.1. The Labute approximate surface area is 391 Å². The Morgan fingerprint density at radius 1 is 0.333 bits per heavy atom. The number of hydrogen-bond donors (Lipinski definition) is 0. The summed E-state index contributed by atoms with van der Waals surface area (Å²) in [7, 11) is 0. The molecule has 0 aliphatic rings. The average Bonchev–Trinajstić information content (AvgIpc) is 3.28. The Morgan fingerprint density at radius 3 is 0.968 bits per heavy atom. The van der Waals surface area contributed by atoms with Crippen molar-refractivity contribution in [3.63, 3.8) is 0 Å². The summed E-state index contributed by atoms with van der Waals surface area (Å²) in [4.78, 5) is 38.0. The number of carbonyl (C=O) groups excluding carboxylic acids is 3. The normalized spacial score (nSPS) is 12.2. The molecule has 0 unspecified atom stereocenters. The molecule has 63 heavy (non-hydrogen) atoms. The van der Waals surface area contributed by atoms with Crippen LogP contribution in [-0.4, -0.2) is 37.2 Å². The maximum atomic E-state index is 12.8. The highest BCUT2D eigenvalue weighted by molar-refractivity contribution is 5.71. The summed E-state index contributed by atoms with van der Waals surface area (Å²) in [6.45, 7) is 6.55. The molecule has 0 aromatic carbocycles. The van der Waals surface area contributed by atoms with E-state index in [9.17, 15) is 14.4 Å². The van der Waals surface area contributed by atoms with E-state index >= 15 is 0 Å². The third-order valence-corrected chi connectivity index (χ3v) is 12.2. The van der Waals surface area contributed by atoms with Gasteiger partial charge in [0.15, 0.2) is 6.10 Å². The van der Waals surface area contributed by atoms with Gasteiger partial charge in [-0.2, -0.15) is 0 Å². The van der Waals surface area contributed by atoms with Crippen molar-refractivity contribution < 1.29 is 28.6 Å². The second-order valence-corrected chi connectivity index (χ2v) is 18.5. The van der Waals surface area contributed by atoms with Crippen molar-refractivity contribution in [2.75, 3.05) is 13.2 Å². The Morgan fingerprint density at radius 2 is 0.619 bits per heavy atom. The number of allylic oxidation sites excluding steroid dienone is 6. The summed E-state index contributed by atoms with van der Waals surface area (Å²) >= 11 is 0. The van der Waals surface area contributed by atoms with Crippen molar-refractivity contribution in [1.29, 1.82) is 0 Å². The monoisotopic (exact) mass is 885 g/mol. The highest BCUT2D eigenvalue weighted by Crippen LogP contribution is 2.17. The maximum absolute atomic E-state index is 12.8. The van der Waals surface area contributed by atoms with Crippen LogP contribution in [0.15, 0.2) is 36.5 Å². The second-order valence-electron chi connectivity index (χ2n) is 18.5. The predicted octanol–water partition coefficient (Wildman–Crippen LogP) is 18.1. The summed E-state index contributed by atoms with van der Waals surface area (Å²) in [5.74, 6) is -0.874. The number of unbranched alkanes of at least 4 members (excludes halogenated alkanes) is 33. The van der Waals surface area contributed by atoms with E-state index < -0.39 is 6.10 Å². The molecule has 0 amide bonds. The van der Waals surface area contributed by atoms with Crippen LogP contribution in [0.5, 0.6) is 0 Å². The van der Waals surface area contributed by atoms with Crippen LogP contribution in [0.3, 0.4) is 0 Å². The van der Waals surface area contributed by atoms with Crippen molar-refractivity contribution >= 4 is 17.9 Å². The van der Waals surface area contributed by atoms with Crippen LogP contribution in [-0.2, 0) is 28.6 Å². The summed E-state index contributed by atoms with van der Waals surface area (Å²) in [6.07, 6.45) is 61.3. The molecule has 0 aromatic heterocycles. The predicted molar refractivity (Wildman–Crippen MR) is 270 cm³/mol. The molecule has 0 fully saturated rings. The van der Waals surface area contributed by atoms with Crippen molar-refractivity contribution in [1.82, 2.24) is 0 Å². The fourth-order valence-electron chi connectivity index (χ4n) is 8.05. The minimum Gasteiger partial charge on any atom is -0.462 e. The van der Waals surface area contributed by atoms with Crippen LogP contribution < -0.4 is 0 Å². The van der Waals surface area contributed by atoms with E-state index in [4.69, 9.17) is 14.2 Å². The van der Waals surface area contributed by atoms with E-state index in [0.717, 1.165) is 96.3 Å². The van der Waals surface area contributed by atoms with Gasteiger partial charge in [-0.25, -0.2) is 0 Å². The molecule has 0 aromatic rings. The molecule has 0 spiro atoms. The quantitative estimate of drug-likeness (QED) is 0.0262. The zero-order chi connectivity index (χ0) is 45.8. The van der Waals surface area contributed by atoms with Gasteiger partial charge >= 0.3 is 17.9 Å². The number of hydrogen-bond acceptors (Lipinski definition) is 6. The molecule has 0 N–H and O–H groups in total. The van der Waals surface area contributed by atoms with E-state index in [2.05, 4.69) is 57.2 Å². The topological polar surface area (TPSA) is 78.9 Å². The van der Waals surface area contributed by atoms with Crippen LogP contribution in [0.2, 0.25) is 0 Å². The first-order chi connectivity index (χ1) is 31.0. The summed E-state index contributed by atoms with van der Waals surface area (Å²) in [6, 6.07) is 0. The lowest BCUT2D eigenvalue weighted by Gasteiger charge is -2.18. The second kappa shape index (κ2) is 52.3. The lowest BCUT2D eigenvalue weighted by atomic mass is 10.0. The molecule has 0 radical (unpaired) electrons. The third-order valence-electron chi connectivity index (χ3n) is 12.2. The summed E-state index contributed by atoms with van der Waals surface area (Å²) < 4.78 is 16.8. The zero-order valence-electron chi connectivity index (χ0n) is 42.1. The SMILES string of the molecule is CC/C=C\C/C=C\C/C=C\CCCCCCCC(=O)OC[C@H](COC(=O)CCCCCCCCCCCCCCCCCCC)OC(=O)CCCCCCCCCCCCCCC. The molecule has 0 heterocycles. The van der Waals surface area contributed by atoms with Gasteiger partial charge in [-0.15, -0.1) is 0 Å². The van der Waals surface area contributed by atoms with E-state index in [0.29, 0.717) is 19.3 Å². The molecule has 6 nitrogen and oxygen atoms in total. The van der Waals surface area contributed by atoms with Crippen molar-refractivity contribution in [3.8, 4) is 0 Å². The number of rotatable bonds is 50. The van der Waals surface area contributed by atoms with E-state index in [1.165, 1.54) is 154 Å².